The Morgan fingerprint density at radius 2 is 1.65 bits per heavy atom. The molecule has 1 aromatic rings. The fraction of sp³-hybridized carbons (Fsp3) is 0.833. The van der Waals surface area contributed by atoms with Crippen LogP contribution in [0.25, 0.3) is 0 Å². The van der Waals surface area contributed by atoms with E-state index in [0.717, 1.165) is 5.92 Å². The molecule has 0 unspecified atom stereocenters. The summed E-state index contributed by atoms with van der Waals surface area (Å²) in [6, 6.07) is 0. The Hall–Kier alpha value is -0.790. The van der Waals surface area contributed by atoms with E-state index in [-0.39, 0.29) is 5.54 Å². The summed E-state index contributed by atoms with van der Waals surface area (Å²) in [5, 5.41) is 0. The molecule has 2 heteroatoms. The van der Waals surface area contributed by atoms with Crippen LogP contribution in [-0.2, 0) is 5.54 Å². The number of hydrogen-bond donors (Lipinski definition) is 0. The molecule has 20 heavy (non-hydrogen) atoms. The lowest BCUT2D eigenvalue weighted by molar-refractivity contribution is 0.153. The Balaban J connectivity index is 2.67. The van der Waals surface area contributed by atoms with Crippen LogP contribution >= 0.6 is 0 Å². The minimum Gasteiger partial charge on any atom is -0.332 e. The molecule has 0 radical (unpaired) electrons. The van der Waals surface area contributed by atoms with Gasteiger partial charge in [-0.05, 0) is 38.0 Å². The maximum absolute atomic E-state index is 4.20. The van der Waals surface area contributed by atoms with Crippen LogP contribution in [0.4, 0.5) is 0 Å². The molecular formula is C18H34N2. The quantitative estimate of drug-likeness (QED) is 0.571. The van der Waals surface area contributed by atoms with Crippen molar-refractivity contribution in [2.75, 3.05) is 0 Å². The summed E-state index contributed by atoms with van der Waals surface area (Å²) < 4.78 is 2.25. The van der Waals surface area contributed by atoms with Crippen molar-refractivity contribution in [3.8, 4) is 0 Å². The first kappa shape index (κ1) is 17.3. The van der Waals surface area contributed by atoms with Gasteiger partial charge >= 0.3 is 0 Å². The van der Waals surface area contributed by atoms with Gasteiger partial charge in [-0.25, -0.2) is 4.98 Å². The van der Waals surface area contributed by atoms with Crippen LogP contribution in [0.5, 0.6) is 0 Å². The third kappa shape index (κ3) is 5.30. The third-order valence-electron chi connectivity index (χ3n) is 4.35. The Morgan fingerprint density at radius 3 is 2.10 bits per heavy atom. The number of rotatable bonds is 9. The Labute approximate surface area is 126 Å². The first-order valence-corrected chi connectivity index (χ1v) is 8.29. The monoisotopic (exact) mass is 278 g/mol. The maximum Gasteiger partial charge on any atom is 0.0950 e. The van der Waals surface area contributed by atoms with E-state index in [2.05, 4.69) is 57.3 Å². The van der Waals surface area contributed by atoms with Gasteiger partial charge in [0, 0.05) is 17.9 Å². The highest BCUT2D eigenvalue weighted by Crippen LogP contribution is 2.39. The van der Waals surface area contributed by atoms with Crippen LogP contribution in [0.3, 0.4) is 0 Å². The summed E-state index contributed by atoms with van der Waals surface area (Å²) in [5.74, 6) is 0.888. The van der Waals surface area contributed by atoms with Crippen molar-refractivity contribution in [1.29, 1.82) is 0 Å². The third-order valence-corrected chi connectivity index (χ3v) is 4.35. The van der Waals surface area contributed by atoms with E-state index < -0.39 is 0 Å². The predicted molar refractivity (Wildman–Crippen MR) is 87.9 cm³/mol. The van der Waals surface area contributed by atoms with E-state index in [1.807, 2.05) is 12.5 Å². The van der Waals surface area contributed by atoms with Crippen LogP contribution in [0.2, 0.25) is 0 Å². The summed E-state index contributed by atoms with van der Waals surface area (Å²) >= 11 is 0. The molecular weight excluding hydrogens is 244 g/mol. The van der Waals surface area contributed by atoms with Gasteiger partial charge in [0.05, 0.1) is 6.33 Å². The van der Waals surface area contributed by atoms with Gasteiger partial charge in [0.15, 0.2) is 0 Å². The molecule has 0 amide bonds. The Morgan fingerprint density at radius 1 is 1.05 bits per heavy atom. The smallest absolute Gasteiger partial charge is 0.0950 e. The molecule has 0 saturated carbocycles. The van der Waals surface area contributed by atoms with E-state index in [9.17, 15) is 0 Å². The van der Waals surface area contributed by atoms with Crippen LogP contribution in [-0.4, -0.2) is 9.55 Å². The largest absolute Gasteiger partial charge is 0.332 e. The van der Waals surface area contributed by atoms with Gasteiger partial charge in [0.25, 0.3) is 0 Å². The zero-order valence-electron chi connectivity index (χ0n) is 14.4. The minimum absolute atomic E-state index is 0.142. The maximum atomic E-state index is 4.20. The second kappa shape index (κ2) is 7.28. The zero-order valence-corrected chi connectivity index (χ0v) is 14.4. The van der Waals surface area contributed by atoms with E-state index in [0.29, 0.717) is 5.41 Å². The zero-order chi connectivity index (χ0) is 15.2. The lowest BCUT2D eigenvalue weighted by atomic mass is 9.72. The first-order chi connectivity index (χ1) is 9.30. The van der Waals surface area contributed by atoms with Crippen LogP contribution in [0, 0.1) is 11.3 Å². The standard InChI is InChI=1S/C18H34N2/c1-7-9-16(10-8-2)13-17(3,4)14-18(5,6)20-12-11-19-15-20/h11-12,15-16H,7-10,13-14H2,1-6H3. The van der Waals surface area contributed by atoms with Crippen molar-refractivity contribution in [3.05, 3.63) is 18.7 Å². The second-order valence-electron chi connectivity index (χ2n) is 7.77. The second-order valence-corrected chi connectivity index (χ2v) is 7.77. The van der Waals surface area contributed by atoms with Gasteiger partial charge in [-0.2, -0.15) is 0 Å². The minimum atomic E-state index is 0.142. The van der Waals surface area contributed by atoms with E-state index in [4.69, 9.17) is 0 Å². The summed E-state index contributed by atoms with van der Waals surface area (Å²) in [4.78, 5) is 4.20. The van der Waals surface area contributed by atoms with E-state index in [1.54, 1.807) is 0 Å². The summed E-state index contributed by atoms with van der Waals surface area (Å²) in [7, 11) is 0. The SMILES string of the molecule is CCCC(CCC)CC(C)(C)CC(C)(C)n1ccnc1. The number of nitrogens with zero attached hydrogens (tertiary/aromatic N) is 2. The van der Waals surface area contributed by atoms with Crippen LogP contribution in [0.1, 0.15) is 80.1 Å². The molecule has 0 atom stereocenters. The molecule has 0 aliphatic heterocycles. The molecule has 1 heterocycles. The summed E-state index contributed by atoms with van der Waals surface area (Å²) in [6.07, 6.45) is 13.8. The van der Waals surface area contributed by atoms with Crippen LogP contribution < -0.4 is 0 Å². The number of hydrogen-bond acceptors (Lipinski definition) is 1. The topological polar surface area (TPSA) is 17.8 Å². The van der Waals surface area contributed by atoms with Crippen molar-refractivity contribution >= 4 is 0 Å². The van der Waals surface area contributed by atoms with Gasteiger partial charge < -0.3 is 4.57 Å². The molecule has 0 bridgehead atoms. The average molecular weight is 278 g/mol. The molecule has 0 aliphatic carbocycles. The van der Waals surface area contributed by atoms with Crippen molar-refractivity contribution in [3.63, 3.8) is 0 Å². The van der Waals surface area contributed by atoms with Gasteiger partial charge in [-0.3, -0.25) is 0 Å². The fourth-order valence-electron chi connectivity index (χ4n) is 3.90. The molecule has 0 fully saturated rings. The molecule has 0 spiro atoms. The highest BCUT2D eigenvalue weighted by Gasteiger charge is 2.31. The molecule has 0 aromatic carbocycles. The molecule has 1 rings (SSSR count). The van der Waals surface area contributed by atoms with Gasteiger partial charge in [-0.15, -0.1) is 0 Å². The average Bonchev–Trinajstić information content (AvgIpc) is 2.81. The van der Waals surface area contributed by atoms with Crippen molar-refractivity contribution < 1.29 is 0 Å². The Bertz CT molecular complexity index is 357. The Kier molecular flexibility index (Phi) is 6.29. The number of aromatic nitrogens is 2. The first-order valence-electron chi connectivity index (χ1n) is 8.29. The molecule has 116 valence electrons. The van der Waals surface area contributed by atoms with E-state index >= 15 is 0 Å². The molecule has 0 N–H and O–H groups in total. The highest BCUT2D eigenvalue weighted by atomic mass is 15.1. The van der Waals surface area contributed by atoms with Crippen molar-refractivity contribution in [1.82, 2.24) is 9.55 Å². The van der Waals surface area contributed by atoms with Crippen molar-refractivity contribution in [2.24, 2.45) is 11.3 Å². The van der Waals surface area contributed by atoms with Gasteiger partial charge in [0.1, 0.15) is 0 Å². The lowest BCUT2D eigenvalue weighted by Gasteiger charge is -2.38. The van der Waals surface area contributed by atoms with E-state index in [1.165, 1.54) is 38.5 Å². The summed E-state index contributed by atoms with van der Waals surface area (Å²) in [6.45, 7) is 14.1. The van der Waals surface area contributed by atoms with Crippen molar-refractivity contribution in [2.45, 2.75) is 85.6 Å². The highest BCUT2D eigenvalue weighted by molar-refractivity contribution is 4.90. The van der Waals surface area contributed by atoms with Gasteiger partial charge in [0.2, 0.25) is 0 Å². The molecule has 2 nitrogen and oxygen atoms in total. The predicted octanol–water partition coefficient (Wildman–Crippen LogP) is 5.64. The summed E-state index contributed by atoms with van der Waals surface area (Å²) in [5.41, 5.74) is 0.520. The molecule has 0 aliphatic rings. The van der Waals surface area contributed by atoms with Crippen LogP contribution in [0.15, 0.2) is 18.7 Å². The normalized spacial score (nSPS) is 13.2. The lowest BCUT2D eigenvalue weighted by Crippen LogP contribution is -2.33. The number of imidazole rings is 1. The molecule has 1 aromatic heterocycles. The molecule has 0 saturated heterocycles. The van der Waals surface area contributed by atoms with Gasteiger partial charge in [-0.1, -0.05) is 53.4 Å². The fourth-order valence-corrected chi connectivity index (χ4v) is 3.90.